The molecule has 2 fully saturated rings. The molecule has 5 heteroatoms. The first kappa shape index (κ1) is 13.3. The van der Waals surface area contributed by atoms with Crippen LogP contribution in [0.1, 0.15) is 32.6 Å². The van der Waals surface area contributed by atoms with E-state index in [4.69, 9.17) is 0 Å². The van der Waals surface area contributed by atoms with E-state index in [-0.39, 0.29) is 23.8 Å². The summed E-state index contributed by atoms with van der Waals surface area (Å²) in [7, 11) is 0. The lowest BCUT2D eigenvalue weighted by Gasteiger charge is -2.33. The number of rotatable bonds is 2. The summed E-state index contributed by atoms with van der Waals surface area (Å²) in [5.41, 5.74) is 0. The Balaban J connectivity index is 1.73. The number of carbonyl (C=O) groups is 2. The Bertz CT molecular complexity index is 305. The maximum Gasteiger partial charge on any atom is 0.223 e. The van der Waals surface area contributed by atoms with Crippen LogP contribution in [0.4, 0.5) is 0 Å². The van der Waals surface area contributed by atoms with Crippen molar-refractivity contribution in [1.82, 2.24) is 15.5 Å². The zero-order valence-corrected chi connectivity index (χ0v) is 11.1. The molecule has 5 nitrogen and oxygen atoms in total. The molecule has 0 aromatic rings. The van der Waals surface area contributed by atoms with Gasteiger partial charge < -0.3 is 15.5 Å². The maximum absolute atomic E-state index is 12.1. The molecule has 2 saturated heterocycles. The van der Waals surface area contributed by atoms with Gasteiger partial charge in [-0.15, -0.1) is 0 Å². The molecule has 0 aliphatic carbocycles. The number of hydrogen-bond acceptors (Lipinski definition) is 3. The van der Waals surface area contributed by atoms with Gasteiger partial charge in [0.2, 0.25) is 11.8 Å². The minimum absolute atomic E-state index is 0.137. The molecule has 2 amide bonds. The molecular formula is C13H23N3O2. The number of nitrogens with one attached hydrogen (secondary N) is 2. The van der Waals surface area contributed by atoms with Crippen molar-refractivity contribution in [3.63, 3.8) is 0 Å². The van der Waals surface area contributed by atoms with E-state index in [1.165, 1.54) is 0 Å². The van der Waals surface area contributed by atoms with Crippen LogP contribution in [0.25, 0.3) is 0 Å². The van der Waals surface area contributed by atoms with Gasteiger partial charge in [0.05, 0.1) is 0 Å². The third-order valence-electron chi connectivity index (χ3n) is 4.00. The quantitative estimate of drug-likeness (QED) is 0.734. The second-order valence-corrected chi connectivity index (χ2v) is 5.31. The van der Waals surface area contributed by atoms with Crippen LogP contribution in [-0.4, -0.2) is 48.9 Å². The molecule has 2 N–H and O–H groups in total. The number of nitrogens with zero attached hydrogens (tertiary/aromatic N) is 1. The molecular weight excluding hydrogens is 230 g/mol. The summed E-state index contributed by atoms with van der Waals surface area (Å²) < 4.78 is 0. The van der Waals surface area contributed by atoms with Crippen molar-refractivity contribution in [1.29, 1.82) is 0 Å². The minimum atomic E-state index is 0.137. The standard InChI is InChI=1S/C13H23N3O2/c1-10(17)16-8-4-12(5-9-16)15-13(18)11-2-6-14-7-3-11/h11-12,14H,2-9H2,1H3,(H,15,18). The van der Waals surface area contributed by atoms with E-state index in [1.807, 2.05) is 4.90 Å². The van der Waals surface area contributed by atoms with E-state index >= 15 is 0 Å². The van der Waals surface area contributed by atoms with E-state index in [9.17, 15) is 9.59 Å². The van der Waals surface area contributed by atoms with Crippen LogP contribution in [0.3, 0.4) is 0 Å². The molecule has 2 aliphatic rings. The molecule has 2 aliphatic heterocycles. The van der Waals surface area contributed by atoms with E-state index in [2.05, 4.69) is 10.6 Å². The Morgan fingerprint density at radius 2 is 1.72 bits per heavy atom. The van der Waals surface area contributed by atoms with Crippen LogP contribution < -0.4 is 10.6 Å². The lowest BCUT2D eigenvalue weighted by molar-refractivity contribution is -0.130. The molecule has 2 heterocycles. The summed E-state index contributed by atoms with van der Waals surface area (Å²) in [6.07, 6.45) is 3.66. The van der Waals surface area contributed by atoms with Gasteiger partial charge in [-0.3, -0.25) is 9.59 Å². The fourth-order valence-electron chi connectivity index (χ4n) is 2.74. The average molecular weight is 253 g/mol. The first-order valence-corrected chi connectivity index (χ1v) is 6.93. The predicted octanol–water partition coefficient (Wildman–Crippen LogP) is 0.113. The predicted molar refractivity (Wildman–Crippen MR) is 69.0 cm³/mol. The van der Waals surface area contributed by atoms with Gasteiger partial charge >= 0.3 is 0 Å². The Kier molecular flexibility index (Phi) is 4.58. The van der Waals surface area contributed by atoms with Gasteiger partial charge in [0.25, 0.3) is 0 Å². The van der Waals surface area contributed by atoms with Crippen LogP contribution in [0.2, 0.25) is 0 Å². The van der Waals surface area contributed by atoms with Gasteiger partial charge in [-0.1, -0.05) is 0 Å². The molecule has 18 heavy (non-hydrogen) atoms. The molecule has 0 saturated carbocycles. The Morgan fingerprint density at radius 3 is 2.28 bits per heavy atom. The largest absolute Gasteiger partial charge is 0.353 e. The lowest BCUT2D eigenvalue weighted by atomic mass is 9.96. The van der Waals surface area contributed by atoms with Crippen LogP contribution in [0, 0.1) is 5.92 Å². The molecule has 0 bridgehead atoms. The van der Waals surface area contributed by atoms with Gasteiger partial charge in [-0.25, -0.2) is 0 Å². The second-order valence-electron chi connectivity index (χ2n) is 5.31. The van der Waals surface area contributed by atoms with Crippen molar-refractivity contribution in [3.8, 4) is 0 Å². The summed E-state index contributed by atoms with van der Waals surface area (Å²) in [6, 6.07) is 0.253. The van der Waals surface area contributed by atoms with Gasteiger partial charge in [-0.2, -0.15) is 0 Å². The molecule has 0 spiro atoms. The highest BCUT2D eigenvalue weighted by molar-refractivity contribution is 5.79. The lowest BCUT2D eigenvalue weighted by Crippen LogP contribution is -2.48. The highest BCUT2D eigenvalue weighted by Gasteiger charge is 2.26. The summed E-state index contributed by atoms with van der Waals surface area (Å²) in [5.74, 6) is 0.521. The average Bonchev–Trinajstić information content (AvgIpc) is 2.40. The van der Waals surface area contributed by atoms with Crippen LogP contribution in [-0.2, 0) is 9.59 Å². The topological polar surface area (TPSA) is 61.4 Å². The van der Waals surface area contributed by atoms with Gasteiger partial charge in [0.1, 0.15) is 0 Å². The molecule has 0 unspecified atom stereocenters. The zero-order valence-electron chi connectivity index (χ0n) is 11.1. The van der Waals surface area contributed by atoms with Gasteiger partial charge in [-0.05, 0) is 38.8 Å². The second kappa shape index (κ2) is 6.18. The molecule has 102 valence electrons. The van der Waals surface area contributed by atoms with Gasteiger partial charge in [0.15, 0.2) is 0 Å². The van der Waals surface area contributed by atoms with E-state index < -0.39 is 0 Å². The third kappa shape index (κ3) is 3.45. The van der Waals surface area contributed by atoms with Crippen molar-refractivity contribution in [2.75, 3.05) is 26.2 Å². The summed E-state index contributed by atoms with van der Waals surface area (Å²) in [5, 5.41) is 6.41. The number of hydrogen-bond donors (Lipinski definition) is 2. The number of amides is 2. The molecule has 2 rings (SSSR count). The van der Waals surface area contributed by atoms with Crippen LogP contribution in [0.15, 0.2) is 0 Å². The monoisotopic (exact) mass is 253 g/mol. The fraction of sp³-hybridized carbons (Fsp3) is 0.846. The fourth-order valence-corrected chi connectivity index (χ4v) is 2.74. The smallest absolute Gasteiger partial charge is 0.223 e. The zero-order chi connectivity index (χ0) is 13.0. The summed E-state index contributed by atoms with van der Waals surface area (Å²) in [6.45, 7) is 5.04. The van der Waals surface area contributed by atoms with Crippen LogP contribution in [0.5, 0.6) is 0 Å². The number of likely N-dealkylation sites (tertiary alicyclic amines) is 1. The number of carbonyl (C=O) groups excluding carboxylic acids is 2. The Morgan fingerprint density at radius 1 is 1.11 bits per heavy atom. The molecule has 0 radical (unpaired) electrons. The van der Waals surface area contributed by atoms with Crippen molar-refractivity contribution in [2.45, 2.75) is 38.6 Å². The van der Waals surface area contributed by atoms with Crippen molar-refractivity contribution in [2.24, 2.45) is 5.92 Å². The van der Waals surface area contributed by atoms with Gasteiger partial charge in [0, 0.05) is 32.0 Å². The maximum atomic E-state index is 12.1. The Labute approximate surface area is 108 Å². The first-order chi connectivity index (χ1) is 8.66. The van der Waals surface area contributed by atoms with Crippen molar-refractivity contribution >= 4 is 11.8 Å². The van der Waals surface area contributed by atoms with Crippen molar-refractivity contribution < 1.29 is 9.59 Å². The number of piperidine rings is 2. The van der Waals surface area contributed by atoms with E-state index in [0.29, 0.717) is 0 Å². The minimum Gasteiger partial charge on any atom is -0.353 e. The highest BCUT2D eigenvalue weighted by atomic mass is 16.2. The Hall–Kier alpha value is -1.10. The van der Waals surface area contributed by atoms with E-state index in [1.54, 1.807) is 6.92 Å². The van der Waals surface area contributed by atoms with Crippen molar-refractivity contribution in [3.05, 3.63) is 0 Å². The molecule has 0 aromatic heterocycles. The summed E-state index contributed by atoms with van der Waals surface area (Å²) >= 11 is 0. The van der Waals surface area contributed by atoms with E-state index in [0.717, 1.165) is 51.9 Å². The molecule has 0 aromatic carbocycles. The normalized spacial score (nSPS) is 22.8. The third-order valence-corrected chi connectivity index (χ3v) is 4.00. The molecule has 0 atom stereocenters. The summed E-state index contributed by atoms with van der Waals surface area (Å²) in [4.78, 5) is 25.1. The highest BCUT2D eigenvalue weighted by Crippen LogP contribution is 2.15. The first-order valence-electron chi connectivity index (χ1n) is 6.93. The van der Waals surface area contributed by atoms with Crippen LogP contribution >= 0.6 is 0 Å². The SMILES string of the molecule is CC(=O)N1CCC(NC(=O)C2CCNCC2)CC1.